The van der Waals surface area contributed by atoms with Gasteiger partial charge in [-0.2, -0.15) is 5.10 Å². The van der Waals surface area contributed by atoms with Crippen LogP contribution in [0, 0.1) is 11.6 Å². The van der Waals surface area contributed by atoms with Gasteiger partial charge in [0.15, 0.2) is 0 Å². The number of aryl methyl sites for hydroxylation is 1. The molecule has 6 nitrogen and oxygen atoms in total. The molecule has 0 aliphatic rings. The number of halogens is 4. The minimum Gasteiger partial charge on any atom is -0.367 e. The molecule has 3 rings (SSSR count). The molecule has 0 bridgehead atoms. The largest absolute Gasteiger partial charge is 0.367 e. The summed E-state index contributed by atoms with van der Waals surface area (Å²) in [6, 6.07) is 4.66. The lowest BCUT2D eigenvalue weighted by Crippen LogP contribution is -2.29. The van der Waals surface area contributed by atoms with E-state index in [1.165, 1.54) is 23.1 Å². The molecule has 2 N–H and O–H groups in total. The van der Waals surface area contributed by atoms with Crippen molar-refractivity contribution in [2.24, 2.45) is 7.05 Å². The Labute approximate surface area is 169 Å². The Morgan fingerprint density at radius 2 is 2.00 bits per heavy atom. The summed E-state index contributed by atoms with van der Waals surface area (Å²) in [5.74, 6) is -1.50. The highest BCUT2D eigenvalue weighted by Gasteiger charge is 2.19. The second kappa shape index (κ2) is 8.53. The molecule has 0 atom stereocenters. The van der Waals surface area contributed by atoms with Gasteiger partial charge in [-0.15, -0.1) is 0 Å². The number of aromatic nitrogens is 3. The van der Waals surface area contributed by atoms with Crippen molar-refractivity contribution in [1.82, 2.24) is 20.1 Å². The van der Waals surface area contributed by atoms with Gasteiger partial charge in [0, 0.05) is 44.2 Å². The van der Waals surface area contributed by atoms with Crippen LogP contribution in [0.3, 0.4) is 0 Å². The van der Waals surface area contributed by atoms with Crippen molar-refractivity contribution in [3.63, 3.8) is 0 Å². The van der Waals surface area contributed by atoms with Gasteiger partial charge in [-0.25, -0.2) is 13.8 Å². The number of carbonyl (C=O) groups is 1. The van der Waals surface area contributed by atoms with Gasteiger partial charge >= 0.3 is 0 Å². The van der Waals surface area contributed by atoms with Crippen LogP contribution in [0.2, 0.25) is 10.0 Å². The molecule has 0 saturated carbocycles. The molecule has 0 unspecified atom stereocenters. The Morgan fingerprint density at radius 3 is 2.71 bits per heavy atom. The summed E-state index contributed by atoms with van der Waals surface area (Å²) in [4.78, 5) is 16.6. The lowest BCUT2D eigenvalue weighted by molar-refractivity contribution is 0.0955. The van der Waals surface area contributed by atoms with Gasteiger partial charge < -0.3 is 10.6 Å². The van der Waals surface area contributed by atoms with Crippen LogP contribution in [0.1, 0.15) is 10.4 Å². The lowest BCUT2D eigenvalue weighted by atomic mass is 10.1. The fourth-order valence-electron chi connectivity index (χ4n) is 2.53. The van der Waals surface area contributed by atoms with Gasteiger partial charge in [0.1, 0.15) is 23.1 Å². The Kier molecular flexibility index (Phi) is 6.11. The first-order valence-electron chi connectivity index (χ1n) is 8.17. The number of pyridine rings is 1. The van der Waals surface area contributed by atoms with Crippen LogP contribution in [0.4, 0.5) is 14.6 Å². The fourth-order valence-corrected chi connectivity index (χ4v) is 2.98. The number of hydrogen-bond donors (Lipinski definition) is 2. The molecule has 146 valence electrons. The monoisotopic (exact) mass is 425 g/mol. The number of rotatable bonds is 6. The fraction of sp³-hybridized carbons (Fsp3) is 0.167. The smallest absolute Gasteiger partial charge is 0.255 e. The van der Waals surface area contributed by atoms with Crippen LogP contribution in [0.5, 0.6) is 0 Å². The molecule has 2 aromatic heterocycles. The zero-order chi connectivity index (χ0) is 20.3. The van der Waals surface area contributed by atoms with Gasteiger partial charge in [-0.3, -0.25) is 9.48 Å². The van der Waals surface area contributed by atoms with E-state index in [4.69, 9.17) is 23.2 Å². The van der Waals surface area contributed by atoms with E-state index in [2.05, 4.69) is 20.7 Å². The van der Waals surface area contributed by atoms with E-state index in [1.807, 2.05) is 0 Å². The van der Waals surface area contributed by atoms with Crippen molar-refractivity contribution in [3.8, 4) is 11.3 Å². The predicted octanol–water partition coefficient (Wildman–Crippen LogP) is 3.91. The highest BCUT2D eigenvalue weighted by atomic mass is 35.5. The maximum Gasteiger partial charge on any atom is 0.255 e. The lowest BCUT2D eigenvalue weighted by Gasteiger charge is -2.09. The van der Waals surface area contributed by atoms with E-state index in [0.29, 0.717) is 22.4 Å². The van der Waals surface area contributed by atoms with E-state index in [0.717, 1.165) is 12.1 Å². The van der Waals surface area contributed by atoms with Gasteiger partial charge in [0.25, 0.3) is 5.91 Å². The van der Waals surface area contributed by atoms with Gasteiger partial charge in [-0.05, 0) is 18.2 Å². The first-order valence-corrected chi connectivity index (χ1v) is 8.93. The van der Waals surface area contributed by atoms with Gasteiger partial charge in [0.2, 0.25) is 0 Å². The van der Waals surface area contributed by atoms with Crippen molar-refractivity contribution < 1.29 is 13.6 Å². The average molecular weight is 426 g/mol. The molecule has 0 fully saturated rings. The summed E-state index contributed by atoms with van der Waals surface area (Å²) >= 11 is 11.8. The first kappa shape index (κ1) is 20.0. The zero-order valence-corrected chi connectivity index (χ0v) is 16.2. The van der Waals surface area contributed by atoms with Crippen LogP contribution in [0.25, 0.3) is 11.3 Å². The Balaban J connectivity index is 1.66. The number of amides is 1. The molecule has 10 heteroatoms. The molecule has 3 aromatic rings. The van der Waals surface area contributed by atoms with Crippen molar-refractivity contribution >= 4 is 34.9 Å². The van der Waals surface area contributed by atoms with E-state index < -0.39 is 17.5 Å². The second-order valence-corrected chi connectivity index (χ2v) is 6.70. The molecule has 0 aliphatic carbocycles. The van der Waals surface area contributed by atoms with Crippen molar-refractivity contribution in [1.29, 1.82) is 0 Å². The van der Waals surface area contributed by atoms with E-state index in [1.54, 1.807) is 13.1 Å². The zero-order valence-electron chi connectivity index (χ0n) is 14.6. The third-order valence-electron chi connectivity index (χ3n) is 3.77. The molecule has 0 saturated heterocycles. The maximum atomic E-state index is 14.1. The maximum absolute atomic E-state index is 14.1. The van der Waals surface area contributed by atoms with Crippen molar-refractivity contribution in [2.75, 3.05) is 18.4 Å². The summed E-state index contributed by atoms with van der Waals surface area (Å²) < 4.78 is 28.6. The van der Waals surface area contributed by atoms with E-state index in [9.17, 15) is 13.6 Å². The van der Waals surface area contributed by atoms with E-state index >= 15 is 0 Å². The summed E-state index contributed by atoms with van der Waals surface area (Å²) in [7, 11) is 1.61. The standard InChI is InChI=1S/C18H15Cl2F2N5O/c1-27-9-13(16(26-27)12-3-2-11(21)7-15(12)22)18(28)24-5-4-23-17-14(20)6-10(19)8-25-17/h2-3,6-9H,4-5H2,1H3,(H,23,25)(H,24,28). The number of nitrogens with zero attached hydrogens (tertiary/aromatic N) is 3. The third kappa shape index (κ3) is 4.58. The van der Waals surface area contributed by atoms with Crippen LogP contribution < -0.4 is 10.6 Å². The number of nitrogens with one attached hydrogen (secondary N) is 2. The van der Waals surface area contributed by atoms with Gasteiger partial charge in [-0.1, -0.05) is 23.2 Å². The summed E-state index contributed by atoms with van der Waals surface area (Å²) in [5.41, 5.74) is 0.353. The molecule has 0 radical (unpaired) electrons. The molecule has 1 aromatic carbocycles. The van der Waals surface area contributed by atoms with Gasteiger partial charge in [0.05, 0.1) is 15.6 Å². The number of anilines is 1. The van der Waals surface area contributed by atoms with E-state index in [-0.39, 0.29) is 23.4 Å². The number of benzene rings is 1. The first-order chi connectivity index (χ1) is 13.3. The predicted molar refractivity (Wildman–Crippen MR) is 104 cm³/mol. The second-order valence-electron chi connectivity index (χ2n) is 5.86. The number of carbonyl (C=O) groups excluding carboxylic acids is 1. The highest BCUT2D eigenvalue weighted by molar-refractivity contribution is 6.35. The van der Waals surface area contributed by atoms with Crippen LogP contribution in [-0.4, -0.2) is 33.8 Å². The average Bonchev–Trinajstić information content (AvgIpc) is 3.01. The summed E-state index contributed by atoms with van der Waals surface area (Å²) in [5, 5.41) is 10.6. The summed E-state index contributed by atoms with van der Waals surface area (Å²) in [6.07, 6.45) is 2.92. The molecule has 1 amide bonds. The molecule has 0 spiro atoms. The van der Waals surface area contributed by atoms with Crippen molar-refractivity contribution in [3.05, 3.63) is 63.9 Å². The van der Waals surface area contributed by atoms with Crippen LogP contribution >= 0.6 is 23.2 Å². The third-order valence-corrected chi connectivity index (χ3v) is 4.27. The summed E-state index contributed by atoms with van der Waals surface area (Å²) in [6.45, 7) is 0.598. The Morgan fingerprint density at radius 1 is 1.21 bits per heavy atom. The quantitative estimate of drug-likeness (QED) is 0.587. The Hall–Kier alpha value is -2.71. The molecule has 2 heterocycles. The molecular weight excluding hydrogens is 411 g/mol. The van der Waals surface area contributed by atoms with Crippen molar-refractivity contribution in [2.45, 2.75) is 0 Å². The SMILES string of the molecule is Cn1cc(C(=O)NCCNc2ncc(Cl)cc2Cl)c(-c2ccc(F)cc2F)n1. The highest BCUT2D eigenvalue weighted by Crippen LogP contribution is 2.25. The Bertz CT molecular complexity index is 1030. The van der Waals surface area contributed by atoms with Crippen LogP contribution in [-0.2, 0) is 7.05 Å². The minimum absolute atomic E-state index is 0.0439. The van der Waals surface area contributed by atoms with Crippen LogP contribution in [0.15, 0.2) is 36.7 Å². The molecular formula is C18H15Cl2F2N5O. The number of hydrogen-bond acceptors (Lipinski definition) is 4. The normalized spacial score (nSPS) is 10.8. The minimum atomic E-state index is -0.794. The topological polar surface area (TPSA) is 71.8 Å². The molecule has 0 aliphatic heterocycles. The molecule has 28 heavy (non-hydrogen) atoms.